The van der Waals surface area contributed by atoms with E-state index in [9.17, 15) is 9.59 Å². The number of hydrogen-bond donors (Lipinski definition) is 3. The van der Waals surface area contributed by atoms with E-state index in [0.717, 1.165) is 19.3 Å². The number of hydrogen-bond acceptors (Lipinski definition) is 3. The van der Waals surface area contributed by atoms with Gasteiger partial charge in [-0.3, -0.25) is 9.59 Å². The molecule has 0 aromatic carbocycles. The molecule has 0 aromatic heterocycles. The molecular formula is C12H25N3O2. The SMILES string of the molecule is CCC(CCN)CCC(=O)NCCC(=O)NC. The van der Waals surface area contributed by atoms with Crippen LogP contribution in [0.1, 0.15) is 39.0 Å². The molecule has 4 N–H and O–H groups in total. The van der Waals surface area contributed by atoms with Crippen LogP contribution >= 0.6 is 0 Å². The van der Waals surface area contributed by atoms with Gasteiger partial charge in [-0.05, 0) is 25.3 Å². The highest BCUT2D eigenvalue weighted by molar-refractivity contribution is 5.78. The molecule has 100 valence electrons. The van der Waals surface area contributed by atoms with Crippen LogP contribution in [-0.4, -0.2) is 32.0 Å². The summed E-state index contributed by atoms with van der Waals surface area (Å²) in [7, 11) is 1.59. The van der Waals surface area contributed by atoms with Gasteiger partial charge in [0.2, 0.25) is 11.8 Å². The lowest BCUT2D eigenvalue weighted by Gasteiger charge is -2.13. The van der Waals surface area contributed by atoms with Gasteiger partial charge in [0.25, 0.3) is 0 Å². The summed E-state index contributed by atoms with van der Waals surface area (Å²) in [5, 5.41) is 5.25. The van der Waals surface area contributed by atoms with Gasteiger partial charge in [0.15, 0.2) is 0 Å². The molecular weight excluding hydrogens is 218 g/mol. The van der Waals surface area contributed by atoms with Gasteiger partial charge in [-0.1, -0.05) is 13.3 Å². The fourth-order valence-electron chi connectivity index (χ4n) is 1.65. The van der Waals surface area contributed by atoms with Crippen LogP contribution < -0.4 is 16.4 Å². The van der Waals surface area contributed by atoms with E-state index in [1.807, 2.05) is 0 Å². The Bertz CT molecular complexity index is 232. The predicted molar refractivity (Wildman–Crippen MR) is 68.4 cm³/mol. The normalized spacial score (nSPS) is 11.9. The van der Waals surface area contributed by atoms with Crippen LogP contribution in [0.15, 0.2) is 0 Å². The molecule has 5 heteroatoms. The number of nitrogens with one attached hydrogen (secondary N) is 2. The molecule has 17 heavy (non-hydrogen) atoms. The highest BCUT2D eigenvalue weighted by Gasteiger charge is 2.08. The molecule has 0 bridgehead atoms. The highest BCUT2D eigenvalue weighted by Crippen LogP contribution is 2.14. The number of amides is 2. The van der Waals surface area contributed by atoms with Crippen LogP contribution in [0.2, 0.25) is 0 Å². The standard InChI is InChI=1S/C12H25N3O2/c1-3-10(6-8-13)4-5-12(17)15-9-7-11(16)14-2/h10H,3-9,13H2,1-2H3,(H,14,16)(H,15,17). The zero-order chi connectivity index (χ0) is 13.1. The maximum absolute atomic E-state index is 11.5. The second kappa shape index (κ2) is 10.1. The van der Waals surface area contributed by atoms with Crippen molar-refractivity contribution in [2.75, 3.05) is 20.1 Å². The second-order valence-corrected chi connectivity index (χ2v) is 4.16. The van der Waals surface area contributed by atoms with Crippen LogP contribution in [-0.2, 0) is 9.59 Å². The van der Waals surface area contributed by atoms with E-state index in [2.05, 4.69) is 17.6 Å². The molecule has 0 radical (unpaired) electrons. The number of carbonyl (C=O) groups is 2. The fourth-order valence-corrected chi connectivity index (χ4v) is 1.65. The third kappa shape index (κ3) is 8.68. The van der Waals surface area contributed by atoms with E-state index in [4.69, 9.17) is 5.73 Å². The fraction of sp³-hybridized carbons (Fsp3) is 0.833. The minimum atomic E-state index is -0.0557. The topological polar surface area (TPSA) is 84.2 Å². The lowest BCUT2D eigenvalue weighted by atomic mass is 9.96. The lowest BCUT2D eigenvalue weighted by Crippen LogP contribution is -2.29. The minimum absolute atomic E-state index is 0.0179. The van der Waals surface area contributed by atoms with Crippen molar-refractivity contribution >= 4 is 11.8 Å². The van der Waals surface area contributed by atoms with Crippen molar-refractivity contribution in [2.45, 2.75) is 39.0 Å². The Hall–Kier alpha value is -1.10. The first-order valence-corrected chi connectivity index (χ1v) is 6.31. The van der Waals surface area contributed by atoms with Crippen molar-refractivity contribution in [3.8, 4) is 0 Å². The summed E-state index contributed by atoms with van der Waals surface area (Å²) in [6.07, 6.45) is 3.76. The first-order valence-electron chi connectivity index (χ1n) is 6.31. The van der Waals surface area contributed by atoms with Crippen LogP contribution in [0.4, 0.5) is 0 Å². The smallest absolute Gasteiger partial charge is 0.221 e. The van der Waals surface area contributed by atoms with Crippen molar-refractivity contribution in [3.05, 3.63) is 0 Å². The molecule has 0 spiro atoms. The number of carbonyl (C=O) groups excluding carboxylic acids is 2. The first-order chi connectivity index (χ1) is 8.13. The third-order valence-electron chi connectivity index (χ3n) is 2.88. The Kier molecular flexibility index (Phi) is 9.43. The van der Waals surface area contributed by atoms with E-state index in [-0.39, 0.29) is 11.8 Å². The molecule has 0 fully saturated rings. The summed E-state index contributed by atoms with van der Waals surface area (Å²) in [6.45, 7) is 3.20. The zero-order valence-corrected chi connectivity index (χ0v) is 10.9. The molecule has 1 unspecified atom stereocenters. The van der Waals surface area contributed by atoms with Crippen molar-refractivity contribution < 1.29 is 9.59 Å². The van der Waals surface area contributed by atoms with Gasteiger partial charge < -0.3 is 16.4 Å². The van der Waals surface area contributed by atoms with Gasteiger partial charge in [-0.25, -0.2) is 0 Å². The Balaban J connectivity index is 3.61. The Morgan fingerprint density at radius 1 is 1.18 bits per heavy atom. The van der Waals surface area contributed by atoms with Crippen molar-refractivity contribution in [1.82, 2.24) is 10.6 Å². The lowest BCUT2D eigenvalue weighted by molar-refractivity contribution is -0.122. The Morgan fingerprint density at radius 2 is 1.88 bits per heavy atom. The van der Waals surface area contributed by atoms with E-state index in [1.54, 1.807) is 7.05 Å². The molecule has 0 aliphatic rings. The van der Waals surface area contributed by atoms with Crippen LogP contribution in [0.5, 0.6) is 0 Å². The maximum Gasteiger partial charge on any atom is 0.221 e. The molecule has 0 saturated carbocycles. The summed E-state index contributed by atoms with van der Waals surface area (Å²) in [5.74, 6) is 0.494. The largest absolute Gasteiger partial charge is 0.359 e. The zero-order valence-electron chi connectivity index (χ0n) is 10.9. The van der Waals surface area contributed by atoms with Gasteiger partial charge in [0.1, 0.15) is 0 Å². The summed E-state index contributed by atoms with van der Waals surface area (Å²) >= 11 is 0. The predicted octanol–water partition coefficient (Wildman–Crippen LogP) is 0.394. The summed E-state index contributed by atoms with van der Waals surface area (Å²) in [4.78, 5) is 22.4. The molecule has 0 saturated heterocycles. The van der Waals surface area contributed by atoms with Crippen LogP contribution in [0.3, 0.4) is 0 Å². The van der Waals surface area contributed by atoms with Crippen molar-refractivity contribution in [1.29, 1.82) is 0 Å². The molecule has 0 heterocycles. The van der Waals surface area contributed by atoms with Gasteiger partial charge in [0, 0.05) is 26.4 Å². The molecule has 2 amide bonds. The molecule has 0 rings (SSSR count). The van der Waals surface area contributed by atoms with E-state index < -0.39 is 0 Å². The molecule has 0 aliphatic heterocycles. The van der Waals surface area contributed by atoms with Crippen LogP contribution in [0.25, 0.3) is 0 Å². The Morgan fingerprint density at radius 3 is 2.41 bits per heavy atom. The van der Waals surface area contributed by atoms with Gasteiger partial charge >= 0.3 is 0 Å². The van der Waals surface area contributed by atoms with E-state index in [1.165, 1.54) is 0 Å². The first kappa shape index (κ1) is 15.9. The molecule has 0 aromatic rings. The third-order valence-corrected chi connectivity index (χ3v) is 2.88. The second-order valence-electron chi connectivity index (χ2n) is 4.16. The number of nitrogens with two attached hydrogens (primary N) is 1. The minimum Gasteiger partial charge on any atom is -0.359 e. The molecule has 0 aliphatic carbocycles. The Labute approximate surface area is 104 Å². The van der Waals surface area contributed by atoms with Gasteiger partial charge in [0.05, 0.1) is 0 Å². The van der Waals surface area contributed by atoms with Crippen molar-refractivity contribution in [3.63, 3.8) is 0 Å². The van der Waals surface area contributed by atoms with E-state index >= 15 is 0 Å². The van der Waals surface area contributed by atoms with Crippen molar-refractivity contribution in [2.24, 2.45) is 11.7 Å². The monoisotopic (exact) mass is 243 g/mol. The van der Waals surface area contributed by atoms with Crippen LogP contribution in [0, 0.1) is 5.92 Å². The highest BCUT2D eigenvalue weighted by atomic mass is 16.2. The maximum atomic E-state index is 11.5. The quantitative estimate of drug-likeness (QED) is 0.548. The average Bonchev–Trinajstić information content (AvgIpc) is 2.34. The summed E-state index contributed by atoms with van der Waals surface area (Å²) in [6, 6.07) is 0. The van der Waals surface area contributed by atoms with E-state index in [0.29, 0.717) is 31.8 Å². The number of rotatable bonds is 9. The van der Waals surface area contributed by atoms with Gasteiger partial charge in [-0.2, -0.15) is 0 Å². The summed E-state index contributed by atoms with van der Waals surface area (Å²) < 4.78 is 0. The van der Waals surface area contributed by atoms with Gasteiger partial charge in [-0.15, -0.1) is 0 Å². The molecule has 1 atom stereocenters. The summed E-state index contributed by atoms with van der Waals surface area (Å²) in [5.41, 5.74) is 5.50. The molecule has 5 nitrogen and oxygen atoms in total. The average molecular weight is 243 g/mol.